The lowest BCUT2D eigenvalue weighted by Crippen LogP contribution is -2.49. The molecule has 2 heterocycles. The number of carboxylic acids is 1. The number of furan rings is 1. The van der Waals surface area contributed by atoms with Crippen LogP contribution in [-0.2, 0) is 0 Å². The molecule has 1 aromatic heterocycles. The molecule has 4 rings (SSSR count). The standard InChI is InChI=1S/C25H28N2O3Si/c1-15-20(14-30-24(15)25(28)29)23-18-10-8-16(26(2)3)12-21(18)31(6,7)22-13-17(27(4)5)9-11-19(22)23/h8-14H,1-7H3. The zero-order chi connectivity index (χ0) is 22.7. The molecule has 0 amide bonds. The van der Waals surface area contributed by atoms with Gasteiger partial charge in [-0.3, -0.25) is 0 Å². The highest BCUT2D eigenvalue weighted by molar-refractivity contribution is 6.98. The Balaban J connectivity index is 2.10. The number of fused-ring (bicyclic) bond motifs is 2. The first-order valence-electron chi connectivity index (χ1n) is 10.3. The topological polar surface area (TPSA) is 59.5 Å². The van der Waals surface area contributed by atoms with E-state index in [1.54, 1.807) is 13.2 Å². The summed E-state index contributed by atoms with van der Waals surface area (Å²) < 4.78 is 7.55. The molecular formula is C25H28N2O3Si. The minimum absolute atomic E-state index is 0.109. The number of rotatable bonds is 3. The van der Waals surface area contributed by atoms with E-state index < -0.39 is 14.0 Å². The molecular weight excluding hydrogens is 404 g/mol. The van der Waals surface area contributed by atoms with Crippen LogP contribution in [0.15, 0.2) is 57.9 Å². The SMILES string of the molecule is Cc1c(C2=C3C=CC(=[N+](C)C)C=C3[Si](C)(C)c3cc(N(C)C)ccc32)coc1C(=O)[O-]. The van der Waals surface area contributed by atoms with Gasteiger partial charge in [0.05, 0.1) is 6.26 Å². The molecule has 0 radical (unpaired) electrons. The predicted molar refractivity (Wildman–Crippen MR) is 126 cm³/mol. The second-order valence-corrected chi connectivity index (χ2v) is 13.5. The van der Waals surface area contributed by atoms with Crippen molar-refractivity contribution in [2.45, 2.75) is 20.0 Å². The molecule has 31 heavy (non-hydrogen) atoms. The molecule has 0 N–H and O–H groups in total. The summed E-state index contributed by atoms with van der Waals surface area (Å²) >= 11 is 0. The molecule has 2 aliphatic rings. The van der Waals surface area contributed by atoms with Crippen LogP contribution >= 0.6 is 0 Å². The number of benzene rings is 1. The zero-order valence-corrected chi connectivity index (χ0v) is 20.2. The average Bonchev–Trinajstić information content (AvgIpc) is 3.09. The van der Waals surface area contributed by atoms with Gasteiger partial charge in [0.15, 0.2) is 11.5 Å². The van der Waals surface area contributed by atoms with E-state index >= 15 is 0 Å². The minimum Gasteiger partial charge on any atom is -0.542 e. The van der Waals surface area contributed by atoms with E-state index in [9.17, 15) is 9.90 Å². The monoisotopic (exact) mass is 432 g/mol. The van der Waals surface area contributed by atoms with Crippen molar-refractivity contribution in [2.24, 2.45) is 0 Å². The Kier molecular flexibility index (Phi) is 4.93. The maximum atomic E-state index is 11.5. The van der Waals surface area contributed by atoms with Crippen LogP contribution in [0.3, 0.4) is 0 Å². The second kappa shape index (κ2) is 7.23. The Labute approximate surface area is 184 Å². The average molecular weight is 433 g/mol. The summed E-state index contributed by atoms with van der Waals surface area (Å²) in [6.07, 6.45) is 8.14. The lowest BCUT2D eigenvalue weighted by atomic mass is 9.89. The van der Waals surface area contributed by atoms with Gasteiger partial charge in [-0.1, -0.05) is 19.2 Å². The summed E-state index contributed by atoms with van der Waals surface area (Å²) in [4.78, 5) is 13.7. The van der Waals surface area contributed by atoms with Gasteiger partial charge in [-0.05, 0) is 52.2 Å². The smallest absolute Gasteiger partial charge is 0.199 e. The maximum Gasteiger partial charge on any atom is 0.199 e. The number of carbonyl (C=O) groups is 1. The number of carbonyl (C=O) groups excluding carboxylic acids is 1. The van der Waals surface area contributed by atoms with Gasteiger partial charge in [-0.15, -0.1) is 0 Å². The predicted octanol–water partition coefficient (Wildman–Crippen LogP) is 2.50. The van der Waals surface area contributed by atoms with E-state index in [2.05, 4.69) is 59.0 Å². The zero-order valence-electron chi connectivity index (χ0n) is 19.2. The third-order valence-corrected chi connectivity index (χ3v) is 9.94. The number of anilines is 1. The fraction of sp³-hybridized carbons (Fsp3) is 0.280. The fourth-order valence-electron chi connectivity index (χ4n) is 4.54. The number of hydrogen-bond acceptors (Lipinski definition) is 4. The molecule has 0 saturated heterocycles. The summed E-state index contributed by atoms with van der Waals surface area (Å²) in [6.45, 7) is 6.56. The van der Waals surface area contributed by atoms with Crippen LogP contribution in [0, 0.1) is 6.92 Å². The number of nitrogens with zero attached hydrogens (tertiary/aromatic N) is 2. The molecule has 0 atom stereocenters. The largest absolute Gasteiger partial charge is 0.542 e. The van der Waals surface area contributed by atoms with E-state index in [4.69, 9.17) is 4.42 Å². The molecule has 0 unspecified atom stereocenters. The van der Waals surface area contributed by atoms with Crippen molar-refractivity contribution in [3.05, 3.63) is 75.9 Å². The van der Waals surface area contributed by atoms with Crippen molar-refractivity contribution in [3.63, 3.8) is 0 Å². The van der Waals surface area contributed by atoms with Crippen molar-refractivity contribution in [1.82, 2.24) is 0 Å². The van der Waals surface area contributed by atoms with E-state index in [1.807, 2.05) is 28.2 Å². The summed E-state index contributed by atoms with van der Waals surface area (Å²) in [5.41, 5.74) is 7.06. The second-order valence-electron chi connectivity index (χ2n) is 9.14. The first kappa shape index (κ1) is 21.1. The van der Waals surface area contributed by atoms with Crippen LogP contribution in [0.1, 0.15) is 27.2 Å². The number of carboxylic acid groups (broad SMARTS) is 1. The molecule has 0 fully saturated rings. The molecule has 1 aliphatic heterocycles. The molecule has 2 aromatic rings. The van der Waals surface area contributed by atoms with Crippen molar-refractivity contribution in [1.29, 1.82) is 0 Å². The van der Waals surface area contributed by atoms with Crippen LogP contribution in [0.2, 0.25) is 13.1 Å². The lowest BCUT2D eigenvalue weighted by Gasteiger charge is -2.38. The van der Waals surface area contributed by atoms with E-state index in [0.29, 0.717) is 5.56 Å². The summed E-state index contributed by atoms with van der Waals surface area (Å²) in [7, 11) is 6.17. The quantitative estimate of drug-likeness (QED) is 0.552. The van der Waals surface area contributed by atoms with Crippen molar-refractivity contribution < 1.29 is 18.9 Å². The van der Waals surface area contributed by atoms with Gasteiger partial charge in [0.1, 0.15) is 28.1 Å². The Morgan fingerprint density at radius 1 is 1.13 bits per heavy atom. The molecule has 160 valence electrons. The lowest BCUT2D eigenvalue weighted by molar-refractivity contribution is -0.462. The number of aromatic carboxylic acids is 1. The van der Waals surface area contributed by atoms with Crippen LogP contribution in [-0.4, -0.2) is 52.5 Å². The highest BCUT2D eigenvalue weighted by Crippen LogP contribution is 2.43. The number of hydrogen-bond donors (Lipinski definition) is 0. The first-order valence-corrected chi connectivity index (χ1v) is 13.3. The summed E-state index contributed by atoms with van der Waals surface area (Å²) in [6, 6.07) is 6.59. The maximum absolute atomic E-state index is 11.5. The molecule has 1 aliphatic carbocycles. The van der Waals surface area contributed by atoms with Crippen LogP contribution in [0.25, 0.3) is 5.57 Å². The van der Waals surface area contributed by atoms with E-state index in [0.717, 1.165) is 33.7 Å². The van der Waals surface area contributed by atoms with E-state index in [-0.39, 0.29) is 5.76 Å². The first-order chi connectivity index (χ1) is 14.5. The molecule has 6 heteroatoms. The van der Waals surface area contributed by atoms with Crippen LogP contribution < -0.4 is 15.2 Å². The van der Waals surface area contributed by atoms with Crippen molar-refractivity contribution >= 4 is 36.2 Å². The van der Waals surface area contributed by atoms with Gasteiger partial charge in [-0.25, -0.2) is 4.58 Å². The van der Waals surface area contributed by atoms with Crippen molar-refractivity contribution in [3.8, 4) is 0 Å². The summed E-state index contributed by atoms with van der Waals surface area (Å²) in [5, 5.41) is 14.2. The molecule has 0 saturated carbocycles. The Bertz CT molecular complexity index is 1240. The fourth-order valence-corrected chi connectivity index (χ4v) is 7.61. The van der Waals surface area contributed by atoms with Gasteiger partial charge in [0.25, 0.3) is 0 Å². The normalized spacial score (nSPS) is 16.6. The van der Waals surface area contributed by atoms with Gasteiger partial charge in [-0.2, -0.15) is 0 Å². The molecule has 1 aromatic carbocycles. The van der Waals surface area contributed by atoms with E-state index in [1.165, 1.54) is 10.4 Å². The van der Waals surface area contributed by atoms with Gasteiger partial charge in [0.2, 0.25) is 0 Å². The third kappa shape index (κ3) is 3.22. The van der Waals surface area contributed by atoms with Crippen LogP contribution in [0.4, 0.5) is 5.69 Å². The third-order valence-electron chi connectivity index (χ3n) is 6.42. The Hall–Kier alpha value is -3.12. The van der Waals surface area contributed by atoms with Gasteiger partial charge in [0, 0.05) is 43.1 Å². The molecule has 0 bridgehead atoms. The van der Waals surface area contributed by atoms with Crippen molar-refractivity contribution in [2.75, 3.05) is 33.1 Å². The summed E-state index contributed by atoms with van der Waals surface area (Å²) in [5.74, 6) is -1.40. The number of allylic oxidation sites excluding steroid dienone is 5. The Morgan fingerprint density at radius 2 is 1.84 bits per heavy atom. The minimum atomic E-state index is -2.03. The molecule has 0 spiro atoms. The Morgan fingerprint density at radius 3 is 2.42 bits per heavy atom. The van der Waals surface area contributed by atoms with Gasteiger partial charge >= 0.3 is 0 Å². The highest BCUT2D eigenvalue weighted by Gasteiger charge is 2.41. The molecule has 5 nitrogen and oxygen atoms in total. The van der Waals surface area contributed by atoms with Crippen LogP contribution in [0.5, 0.6) is 0 Å². The highest BCUT2D eigenvalue weighted by atomic mass is 28.3. The van der Waals surface area contributed by atoms with Gasteiger partial charge < -0.3 is 19.2 Å².